The lowest BCUT2D eigenvalue weighted by Gasteiger charge is -2.29. The summed E-state index contributed by atoms with van der Waals surface area (Å²) in [4.78, 5) is 25.5. The van der Waals surface area contributed by atoms with Crippen LogP contribution in [0.4, 0.5) is 4.39 Å². The summed E-state index contributed by atoms with van der Waals surface area (Å²) in [7, 11) is -4.10. The Hall–Kier alpha value is -2.88. The molecule has 0 bridgehead atoms. The third-order valence-corrected chi connectivity index (χ3v) is 7.34. The van der Waals surface area contributed by atoms with Crippen molar-refractivity contribution >= 4 is 15.9 Å². The maximum atomic E-state index is 13.2. The summed E-state index contributed by atoms with van der Waals surface area (Å²) >= 11 is 0. The fraction of sp³-hybridized carbons (Fsp3) is 0.385. The van der Waals surface area contributed by atoms with Gasteiger partial charge in [0.1, 0.15) is 18.0 Å². The SMILES string of the molecule is CC(C)C[C@H](NS(=O)(=O)c1ccc(F)cc1)C(=O)N[C@@H](C(C)C)[C@@H](O)c1c(-c2ccccc2)c1=O. The Morgan fingerprint density at radius 1 is 1.00 bits per heavy atom. The molecule has 35 heavy (non-hydrogen) atoms. The van der Waals surface area contributed by atoms with E-state index in [0.29, 0.717) is 11.1 Å². The van der Waals surface area contributed by atoms with Gasteiger partial charge in [-0.05, 0) is 48.1 Å². The summed E-state index contributed by atoms with van der Waals surface area (Å²) in [5.74, 6) is -1.47. The molecule has 9 heteroatoms. The molecular weight excluding hydrogens is 471 g/mol. The summed E-state index contributed by atoms with van der Waals surface area (Å²) in [5.41, 5.74) is 1.14. The molecule has 3 N–H and O–H groups in total. The summed E-state index contributed by atoms with van der Waals surface area (Å²) in [6.07, 6.45) is -1.04. The minimum absolute atomic E-state index is 0.0264. The van der Waals surface area contributed by atoms with Gasteiger partial charge in [-0.25, -0.2) is 12.8 Å². The lowest BCUT2D eigenvalue weighted by Crippen LogP contribution is -2.52. The van der Waals surface area contributed by atoms with Crippen molar-refractivity contribution in [2.45, 2.75) is 57.2 Å². The fourth-order valence-corrected chi connectivity index (χ4v) is 5.17. The maximum absolute atomic E-state index is 13.2. The van der Waals surface area contributed by atoms with Gasteiger partial charge >= 0.3 is 0 Å². The number of aliphatic hydroxyl groups excluding tert-OH is 1. The van der Waals surface area contributed by atoms with E-state index < -0.39 is 39.9 Å². The summed E-state index contributed by atoms with van der Waals surface area (Å²) in [6, 6.07) is 11.3. The highest BCUT2D eigenvalue weighted by molar-refractivity contribution is 7.89. The van der Waals surface area contributed by atoms with Gasteiger partial charge in [-0.1, -0.05) is 58.0 Å². The molecular formula is C26H31FN2O5S. The third-order valence-electron chi connectivity index (χ3n) is 5.85. The van der Waals surface area contributed by atoms with Crippen LogP contribution in [0.1, 0.15) is 45.8 Å². The Morgan fingerprint density at radius 2 is 1.60 bits per heavy atom. The molecule has 3 aromatic carbocycles. The highest BCUT2D eigenvalue weighted by atomic mass is 32.2. The molecule has 7 nitrogen and oxygen atoms in total. The number of carbonyl (C=O) groups excluding carboxylic acids is 1. The van der Waals surface area contributed by atoms with E-state index in [1.807, 2.05) is 19.9 Å². The molecule has 0 aliphatic heterocycles. The predicted molar refractivity (Wildman–Crippen MR) is 132 cm³/mol. The molecule has 3 atom stereocenters. The number of rotatable bonds is 11. The molecule has 3 rings (SSSR count). The number of aliphatic hydroxyl groups is 1. The van der Waals surface area contributed by atoms with E-state index >= 15 is 0 Å². The van der Waals surface area contributed by atoms with Crippen LogP contribution in [0.15, 0.2) is 64.3 Å². The van der Waals surface area contributed by atoms with Crippen molar-refractivity contribution in [3.63, 3.8) is 0 Å². The standard InChI is InChI=1S/C26H31FN2O5S/c1-15(2)14-20(29-35(33,34)19-12-10-18(27)11-13-19)26(32)28-23(16(3)4)25(31)22-21(24(22)30)17-8-6-5-7-9-17/h5-13,15-16,20,23,25,29,31H,14H2,1-4H3,(H,28,32)/t20-,23-,25-/m0/s1. The van der Waals surface area contributed by atoms with Crippen molar-refractivity contribution in [1.29, 1.82) is 0 Å². The number of nitrogens with one attached hydrogen (secondary N) is 2. The quantitative estimate of drug-likeness (QED) is 0.373. The average molecular weight is 503 g/mol. The van der Waals surface area contributed by atoms with Gasteiger partial charge in [-0.3, -0.25) is 9.59 Å². The van der Waals surface area contributed by atoms with Crippen LogP contribution in [0.3, 0.4) is 0 Å². The minimum atomic E-state index is -4.10. The monoisotopic (exact) mass is 502 g/mol. The van der Waals surface area contributed by atoms with Crippen LogP contribution in [-0.4, -0.2) is 31.5 Å². The predicted octanol–water partition coefficient (Wildman–Crippen LogP) is 3.30. The van der Waals surface area contributed by atoms with E-state index in [0.717, 1.165) is 24.3 Å². The van der Waals surface area contributed by atoms with Crippen LogP contribution in [0.2, 0.25) is 0 Å². The van der Waals surface area contributed by atoms with Crippen molar-refractivity contribution in [2.24, 2.45) is 11.8 Å². The van der Waals surface area contributed by atoms with Crippen LogP contribution >= 0.6 is 0 Å². The molecule has 0 saturated carbocycles. The second-order valence-electron chi connectivity index (χ2n) is 9.46. The Kier molecular flexibility index (Phi) is 8.25. The van der Waals surface area contributed by atoms with Crippen LogP contribution in [-0.2, 0) is 14.8 Å². The molecule has 0 aliphatic rings. The number of hydrogen-bond acceptors (Lipinski definition) is 5. The molecule has 1 amide bonds. The lowest BCUT2D eigenvalue weighted by atomic mass is 9.95. The van der Waals surface area contributed by atoms with E-state index in [1.54, 1.807) is 38.1 Å². The van der Waals surface area contributed by atoms with Gasteiger partial charge in [-0.15, -0.1) is 0 Å². The molecule has 0 fully saturated rings. The normalized spacial score (nSPS) is 14.9. The highest BCUT2D eigenvalue weighted by Gasteiger charge is 2.38. The van der Waals surface area contributed by atoms with E-state index in [1.165, 1.54) is 0 Å². The molecule has 0 aliphatic carbocycles. The fourth-order valence-electron chi connectivity index (χ4n) is 3.96. The summed E-state index contributed by atoms with van der Waals surface area (Å²) in [5, 5.41) is 13.8. The van der Waals surface area contributed by atoms with Crippen LogP contribution < -0.4 is 15.5 Å². The Labute approximate surface area is 205 Å². The van der Waals surface area contributed by atoms with Gasteiger partial charge in [0.25, 0.3) is 0 Å². The van der Waals surface area contributed by atoms with Crippen molar-refractivity contribution in [1.82, 2.24) is 10.0 Å². The van der Waals surface area contributed by atoms with Gasteiger partial charge in [0.2, 0.25) is 15.9 Å². The molecule has 0 radical (unpaired) electrons. The molecule has 0 saturated heterocycles. The number of benzene rings is 2. The first-order chi connectivity index (χ1) is 16.4. The van der Waals surface area contributed by atoms with Crippen LogP contribution in [0, 0.1) is 17.7 Å². The van der Waals surface area contributed by atoms with Gasteiger partial charge in [0, 0.05) is 11.1 Å². The van der Waals surface area contributed by atoms with E-state index in [-0.39, 0.29) is 34.1 Å². The summed E-state index contributed by atoms with van der Waals surface area (Å²) in [6.45, 7) is 7.29. The van der Waals surface area contributed by atoms with E-state index in [2.05, 4.69) is 10.0 Å². The van der Waals surface area contributed by atoms with Gasteiger partial charge in [-0.2, -0.15) is 4.72 Å². The number of halogens is 1. The van der Waals surface area contributed by atoms with Gasteiger partial charge in [0.15, 0.2) is 5.43 Å². The summed E-state index contributed by atoms with van der Waals surface area (Å²) < 4.78 is 41.3. The topological polar surface area (TPSA) is 113 Å². The first-order valence-corrected chi connectivity index (χ1v) is 13.0. The molecule has 3 aromatic rings. The molecule has 0 aromatic heterocycles. The average Bonchev–Trinajstić information content (AvgIpc) is 3.47. The zero-order valence-electron chi connectivity index (χ0n) is 20.2. The number of amides is 1. The van der Waals surface area contributed by atoms with Crippen molar-refractivity contribution in [3.8, 4) is 11.1 Å². The highest BCUT2D eigenvalue weighted by Crippen LogP contribution is 2.33. The second-order valence-corrected chi connectivity index (χ2v) is 11.2. The molecule has 0 heterocycles. The molecule has 0 spiro atoms. The van der Waals surface area contributed by atoms with Crippen molar-refractivity contribution in [2.75, 3.05) is 0 Å². The Bertz CT molecular complexity index is 1260. The van der Waals surface area contributed by atoms with Crippen molar-refractivity contribution in [3.05, 3.63) is 76.2 Å². The van der Waals surface area contributed by atoms with Crippen LogP contribution in [0.25, 0.3) is 11.1 Å². The maximum Gasteiger partial charge on any atom is 0.241 e. The number of hydrogen-bond donors (Lipinski definition) is 3. The van der Waals surface area contributed by atoms with E-state index in [9.17, 15) is 27.5 Å². The smallest absolute Gasteiger partial charge is 0.241 e. The Morgan fingerprint density at radius 3 is 2.14 bits per heavy atom. The molecule has 188 valence electrons. The van der Waals surface area contributed by atoms with Gasteiger partial charge in [0.05, 0.1) is 10.9 Å². The van der Waals surface area contributed by atoms with Crippen LogP contribution in [0.5, 0.6) is 0 Å². The second kappa shape index (κ2) is 10.8. The van der Waals surface area contributed by atoms with Gasteiger partial charge < -0.3 is 10.4 Å². The first-order valence-electron chi connectivity index (χ1n) is 11.5. The number of sulfonamides is 1. The zero-order chi connectivity index (χ0) is 25.9. The zero-order valence-corrected chi connectivity index (χ0v) is 21.0. The first kappa shape index (κ1) is 26.7. The lowest BCUT2D eigenvalue weighted by molar-refractivity contribution is -0.125. The minimum Gasteiger partial charge on any atom is -0.386 e. The largest absolute Gasteiger partial charge is 0.386 e. The third kappa shape index (κ3) is 6.42. The number of carbonyl (C=O) groups is 1. The Balaban J connectivity index is 1.80. The van der Waals surface area contributed by atoms with Crippen molar-refractivity contribution < 1.29 is 22.7 Å². The van der Waals surface area contributed by atoms with E-state index in [4.69, 9.17) is 0 Å². The molecule has 0 unspecified atom stereocenters.